The van der Waals surface area contributed by atoms with Crippen molar-refractivity contribution in [1.29, 1.82) is 0 Å². The van der Waals surface area contributed by atoms with Crippen LogP contribution in [0.2, 0.25) is 0 Å². The Kier molecular flexibility index (Phi) is 3.36. The molecule has 2 bridgehead atoms. The van der Waals surface area contributed by atoms with Crippen molar-refractivity contribution in [1.82, 2.24) is 14.5 Å². The molecule has 3 fully saturated rings. The second-order valence-corrected chi connectivity index (χ2v) is 6.88. The van der Waals surface area contributed by atoms with E-state index in [4.69, 9.17) is 0 Å². The zero-order valence-electron chi connectivity index (χ0n) is 13.6. The van der Waals surface area contributed by atoms with E-state index in [1.54, 1.807) is 6.20 Å². The molecule has 4 nitrogen and oxygen atoms in total. The lowest BCUT2D eigenvalue weighted by atomic mass is 9.47. The predicted molar refractivity (Wildman–Crippen MR) is 84.9 cm³/mol. The Labute approximate surface area is 129 Å². The summed E-state index contributed by atoms with van der Waals surface area (Å²) in [5, 5.41) is 1.07. The summed E-state index contributed by atoms with van der Waals surface area (Å²) in [7, 11) is 5.96. The maximum atomic E-state index is 12.8. The first-order valence-electron chi connectivity index (χ1n) is 7.53. The molecule has 118 valence electrons. The summed E-state index contributed by atoms with van der Waals surface area (Å²) < 4.78 is 14.7. The van der Waals surface area contributed by atoms with Crippen LogP contribution in [0.4, 0.5) is 4.39 Å². The van der Waals surface area contributed by atoms with Gasteiger partial charge in [0.15, 0.2) is 6.29 Å². The van der Waals surface area contributed by atoms with Crippen LogP contribution >= 0.6 is 0 Å². The number of rotatable bonds is 2. The van der Waals surface area contributed by atoms with Gasteiger partial charge in [-0.3, -0.25) is 9.78 Å². The molecule has 0 aromatic carbocycles. The molecule has 0 saturated heterocycles. The van der Waals surface area contributed by atoms with Crippen LogP contribution in [0.15, 0.2) is 18.3 Å². The Balaban J connectivity index is 0.000000139. The van der Waals surface area contributed by atoms with Crippen LogP contribution in [-0.4, -0.2) is 46.0 Å². The second-order valence-electron chi connectivity index (χ2n) is 6.88. The fourth-order valence-corrected chi connectivity index (χ4v) is 3.72. The Morgan fingerprint density at radius 3 is 2.41 bits per heavy atom. The molecule has 5 heteroatoms. The molecule has 0 N–H and O–H groups in total. The van der Waals surface area contributed by atoms with Crippen molar-refractivity contribution in [2.24, 2.45) is 7.05 Å². The quantitative estimate of drug-likeness (QED) is 0.801. The van der Waals surface area contributed by atoms with E-state index in [9.17, 15) is 9.18 Å². The topological polar surface area (TPSA) is 38.1 Å². The highest BCUT2D eigenvalue weighted by Crippen LogP contribution is 2.65. The Morgan fingerprint density at radius 1 is 1.36 bits per heavy atom. The van der Waals surface area contributed by atoms with Crippen molar-refractivity contribution in [3.63, 3.8) is 0 Å². The Hall–Kier alpha value is -1.75. The minimum Gasteiger partial charge on any atom is -0.340 e. The smallest absolute Gasteiger partial charge is 0.166 e. The lowest BCUT2D eigenvalue weighted by molar-refractivity contribution is -0.214. The van der Waals surface area contributed by atoms with Crippen LogP contribution in [0.3, 0.4) is 0 Å². The fraction of sp³-hybridized carbons (Fsp3) is 0.529. The molecule has 5 rings (SSSR count). The number of carbonyl (C=O) groups is 1. The van der Waals surface area contributed by atoms with Gasteiger partial charge >= 0.3 is 0 Å². The maximum Gasteiger partial charge on any atom is 0.166 e. The van der Waals surface area contributed by atoms with Gasteiger partial charge in [-0.05, 0) is 33.2 Å². The van der Waals surface area contributed by atoms with Gasteiger partial charge < -0.3 is 9.47 Å². The number of aromatic nitrogens is 2. The number of pyridine rings is 1. The Morgan fingerprint density at radius 2 is 2.00 bits per heavy atom. The lowest BCUT2D eigenvalue weighted by Gasteiger charge is -2.68. The third-order valence-electron chi connectivity index (χ3n) is 5.17. The first-order chi connectivity index (χ1) is 10.3. The van der Waals surface area contributed by atoms with Gasteiger partial charge in [-0.1, -0.05) is 0 Å². The molecule has 0 atom stereocenters. The molecule has 2 heterocycles. The van der Waals surface area contributed by atoms with Gasteiger partial charge in [0, 0.05) is 43.4 Å². The number of hydrogen-bond donors (Lipinski definition) is 0. The summed E-state index contributed by atoms with van der Waals surface area (Å²) in [6, 6.07) is 3.78. The van der Waals surface area contributed by atoms with Crippen molar-refractivity contribution < 1.29 is 9.18 Å². The molecule has 2 aromatic rings. The highest BCUT2D eigenvalue weighted by molar-refractivity contribution is 5.89. The van der Waals surface area contributed by atoms with Gasteiger partial charge in [0.25, 0.3) is 0 Å². The zero-order valence-corrected chi connectivity index (χ0v) is 13.6. The van der Waals surface area contributed by atoms with E-state index in [1.807, 2.05) is 44.8 Å². The molecule has 0 unspecified atom stereocenters. The Bertz CT molecular complexity index is 715. The minimum atomic E-state index is -0.732. The van der Waals surface area contributed by atoms with Crippen molar-refractivity contribution >= 4 is 17.2 Å². The van der Waals surface area contributed by atoms with Gasteiger partial charge in [-0.2, -0.15) is 0 Å². The van der Waals surface area contributed by atoms with Crippen LogP contribution in [0.25, 0.3) is 10.9 Å². The maximum absolute atomic E-state index is 12.8. The molecule has 0 amide bonds. The standard InChI is InChI=1S/C10H10N2O.C7H12FN/c1-7-10-8(3-4-11-7)5-9(6-13)12(10)2;1-9(2)7-3-6(8,4-7)5-7/h3-6H,1-2H3;3-5H2,1-2H3. The second kappa shape index (κ2) is 4.88. The van der Waals surface area contributed by atoms with Crippen LogP contribution in [0.1, 0.15) is 35.4 Å². The normalized spacial score (nSPS) is 28.6. The first kappa shape index (κ1) is 15.2. The van der Waals surface area contributed by atoms with E-state index < -0.39 is 5.67 Å². The van der Waals surface area contributed by atoms with Crippen LogP contribution in [-0.2, 0) is 7.05 Å². The number of alkyl halides is 1. The summed E-state index contributed by atoms with van der Waals surface area (Å²) in [6.45, 7) is 1.94. The highest BCUT2D eigenvalue weighted by atomic mass is 19.1. The van der Waals surface area contributed by atoms with E-state index in [2.05, 4.69) is 9.88 Å². The van der Waals surface area contributed by atoms with Gasteiger partial charge in [-0.25, -0.2) is 4.39 Å². The summed E-state index contributed by atoms with van der Waals surface area (Å²) in [4.78, 5) is 17.0. The SMILES string of the molecule is CN(C)C12CC(F)(C1)C2.Cc1nccc2cc(C=O)n(C)c12. The van der Waals surface area contributed by atoms with E-state index in [0.717, 1.165) is 42.1 Å². The average Bonchev–Trinajstić information content (AvgIpc) is 2.72. The summed E-state index contributed by atoms with van der Waals surface area (Å²) in [5.74, 6) is 0. The average molecular weight is 303 g/mol. The monoisotopic (exact) mass is 303 g/mol. The van der Waals surface area contributed by atoms with Gasteiger partial charge in [0.1, 0.15) is 5.67 Å². The predicted octanol–water partition coefficient (Wildman–Crippen LogP) is 2.89. The molecule has 2 aromatic heterocycles. The molecule has 22 heavy (non-hydrogen) atoms. The van der Waals surface area contributed by atoms with Crippen molar-refractivity contribution in [3.8, 4) is 0 Å². The van der Waals surface area contributed by atoms with Gasteiger partial charge in [-0.15, -0.1) is 0 Å². The van der Waals surface area contributed by atoms with Crippen molar-refractivity contribution in [2.75, 3.05) is 14.1 Å². The summed E-state index contributed by atoms with van der Waals surface area (Å²) >= 11 is 0. The first-order valence-corrected chi connectivity index (χ1v) is 7.53. The van der Waals surface area contributed by atoms with Gasteiger partial charge in [0.05, 0.1) is 16.9 Å². The molecule has 0 spiro atoms. The molecule has 3 aliphatic carbocycles. The largest absolute Gasteiger partial charge is 0.340 e. The molecule has 3 aliphatic rings. The number of aryl methyl sites for hydroxylation is 2. The van der Waals surface area contributed by atoms with Gasteiger partial charge in [0.2, 0.25) is 0 Å². The van der Waals surface area contributed by atoms with Crippen LogP contribution in [0, 0.1) is 6.92 Å². The van der Waals surface area contributed by atoms with E-state index >= 15 is 0 Å². The third-order valence-corrected chi connectivity index (χ3v) is 5.17. The fourth-order valence-electron chi connectivity index (χ4n) is 3.72. The molecule has 3 saturated carbocycles. The number of carbonyl (C=O) groups excluding carboxylic acids is 1. The number of aldehydes is 1. The number of halogens is 1. The van der Waals surface area contributed by atoms with E-state index in [1.165, 1.54) is 0 Å². The lowest BCUT2D eigenvalue weighted by Crippen LogP contribution is -2.75. The van der Waals surface area contributed by atoms with Crippen molar-refractivity contribution in [2.45, 2.75) is 37.4 Å². The summed E-state index contributed by atoms with van der Waals surface area (Å²) in [6.07, 6.45) is 4.97. The molecular weight excluding hydrogens is 281 g/mol. The molecular formula is C17H22FN3O. The zero-order chi connectivity index (χ0) is 16.1. The number of nitrogens with zero attached hydrogens (tertiary/aromatic N) is 3. The highest BCUT2D eigenvalue weighted by Gasteiger charge is 2.70. The van der Waals surface area contributed by atoms with Crippen LogP contribution < -0.4 is 0 Å². The summed E-state index contributed by atoms with van der Waals surface area (Å²) in [5.41, 5.74) is 2.22. The third kappa shape index (κ3) is 2.15. The number of fused-ring (bicyclic) bond motifs is 1. The molecule has 0 aliphatic heterocycles. The van der Waals surface area contributed by atoms with E-state index in [0.29, 0.717) is 5.69 Å². The van der Waals surface area contributed by atoms with Crippen LogP contribution in [0.5, 0.6) is 0 Å². The minimum absolute atomic E-state index is 0.286. The van der Waals surface area contributed by atoms with Crippen molar-refractivity contribution in [3.05, 3.63) is 29.7 Å². The molecule has 0 radical (unpaired) electrons. The van der Waals surface area contributed by atoms with E-state index in [-0.39, 0.29) is 5.54 Å². The number of hydrogen-bond acceptors (Lipinski definition) is 3.